The lowest BCUT2D eigenvalue weighted by molar-refractivity contribution is 0.330. The second-order valence-corrected chi connectivity index (χ2v) is 1.18. The van der Waals surface area contributed by atoms with Crippen molar-refractivity contribution in [3.05, 3.63) is 0 Å². The second kappa shape index (κ2) is 2.14. The van der Waals surface area contributed by atoms with E-state index < -0.39 is 0 Å². The smallest absolute Gasteiger partial charge is 0.213 e. The van der Waals surface area contributed by atoms with Gasteiger partial charge in [0.25, 0.3) is 0 Å². The lowest BCUT2D eigenvalue weighted by Crippen LogP contribution is -2.37. The van der Waals surface area contributed by atoms with Crippen molar-refractivity contribution in [3.63, 3.8) is 0 Å². The molecule has 41 valence electrons. The van der Waals surface area contributed by atoms with E-state index >= 15 is 0 Å². The molecule has 0 aliphatic carbocycles. The highest BCUT2D eigenvalue weighted by Gasteiger charge is 2.01. The zero-order chi connectivity index (χ0) is 5.82. The summed E-state index contributed by atoms with van der Waals surface area (Å²) < 4.78 is 0. The Morgan fingerprint density at radius 1 is 1.88 bits per heavy atom. The van der Waals surface area contributed by atoms with Gasteiger partial charge in [-0.1, -0.05) is 0 Å². The summed E-state index contributed by atoms with van der Waals surface area (Å²) in [5, 5.41) is 12.9. The number of nitrogens with zero attached hydrogens (tertiary/aromatic N) is 3. The molecule has 1 heterocycles. The van der Waals surface area contributed by atoms with E-state index in [4.69, 9.17) is 5.26 Å². The van der Waals surface area contributed by atoms with Gasteiger partial charge in [-0.2, -0.15) is 5.26 Å². The van der Waals surface area contributed by atoms with Crippen LogP contribution in [0.5, 0.6) is 0 Å². The molecule has 0 bridgehead atoms. The SMILES string of the molecule is N#CCN1[C]=NNN1. The molecule has 2 N–H and O–H groups in total. The molecule has 0 aromatic heterocycles. The molecule has 0 amide bonds. The van der Waals surface area contributed by atoms with E-state index in [1.54, 1.807) is 0 Å². The van der Waals surface area contributed by atoms with Gasteiger partial charge in [-0.15, -0.1) is 10.6 Å². The third kappa shape index (κ3) is 0.859. The summed E-state index contributed by atoms with van der Waals surface area (Å²) in [5.41, 5.74) is 4.94. The first-order chi connectivity index (χ1) is 3.93. The average molecular weight is 110 g/mol. The van der Waals surface area contributed by atoms with Gasteiger partial charge >= 0.3 is 0 Å². The summed E-state index contributed by atoms with van der Waals surface area (Å²) in [7, 11) is 0. The molecular formula is C3H4N5. The van der Waals surface area contributed by atoms with Crippen LogP contribution in [0, 0.1) is 11.3 Å². The maximum atomic E-state index is 8.09. The number of nitrogens with one attached hydrogen (secondary N) is 2. The number of hydrazine groups is 2. The highest BCUT2D eigenvalue weighted by Crippen LogP contribution is 1.76. The monoisotopic (exact) mass is 110 g/mol. The second-order valence-electron chi connectivity index (χ2n) is 1.18. The number of rotatable bonds is 1. The van der Waals surface area contributed by atoms with Crippen LogP contribution < -0.4 is 11.1 Å². The van der Waals surface area contributed by atoms with Gasteiger partial charge in [0.15, 0.2) is 0 Å². The van der Waals surface area contributed by atoms with E-state index in [9.17, 15) is 0 Å². The van der Waals surface area contributed by atoms with Crippen LogP contribution in [0.15, 0.2) is 5.10 Å². The van der Waals surface area contributed by atoms with Crippen molar-refractivity contribution in [1.29, 1.82) is 5.26 Å². The zero-order valence-electron chi connectivity index (χ0n) is 4.05. The Kier molecular flexibility index (Phi) is 1.30. The Labute approximate surface area is 46.5 Å². The minimum absolute atomic E-state index is 0.247. The first kappa shape index (κ1) is 4.87. The van der Waals surface area contributed by atoms with Crippen LogP contribution in [-0.4, -0.2) is 17.9 Å². The van der Waals surface area contributed by atoms with E-state index in [2.05, 4.69) is 22.5 Å². The van der Waals surface area contributed by atoms with Crippen LogP contribution in [0.1, 0.15) is 0 Å². The van der Waals surface area contributed by atoms with Gasteiger partial charge in [-0.25, -0.2) is 5.53 Å². The van der Waals surface area contributed by atoms with E-state index in [0.717, 1.165) is 0 Å². The van der Waals surface area contributed by atoms with Gasteiger partial charge in [0, 0.05) is 0 Å². The van der Waals surface area contributed by atoms with Crippen molar-refractivity contribution in [3.8, 4) is 6.07 Å². The molecular weight excluding hydrogens is 106 g/mol. The molecule has 1 aliphatic heterocycles. The van der Waals surface area contributed by atoms with Crippen LogP contribution in [-0.2, 0) is 0 Å². The van der Waals surface area contributed by atoms with Crippen molar-refractivity contribution >= 4 is 6.34 Å². The lowest BCUT2D eigenvalue weighted by atomic mass is 10.7. The molecule has 0 saturated carbocycles. The molecule has 0 atom stereocenters. The van der Waals surface area contributed by atoms with Crippen LogP contribution >= 0.6 is 0 Å². The molecule has 0 unspecified atom stereocenters. The summed E-state index contributed by atoms with van der Waals surface area (Å²) in [5.74, 6) is 0. The molecule has 0 fully saturated rings. The van der Waals surface area contributed by atoms with Crippen LogP contribution in [0.3, 0.4) is 0 Å². The number of hydrogen-bond donors (Lipinski definition) is 2. The predicted octanol–water partition coefficient (Wildman–Crippen LogP) is -1.34. The number of hydrazone groups is 1. The lowest BCUT2D eigenvalue weighted by Gasteiger charge is -2.04. The molecule has 0 saturated heterocycles. The molecule has 1 aliphatic rings. The molecule has 5 heteroatoms. The van der Waals surface area contributed by atoms with Crippen molar-refractivity contribution in [2.24, 2.45) is 5.10 Å². The van der Waals surface area contributed by atoms with E-state index in [1.165, 1.54) is 5.01 Å². The highest BCUT2D eigenvalue weighted by atomic mass is 15.8. The first-order valence-corrected chi connectivity index (χ1v) is 2.04. The maximum Gasteiger partial charge on any atom is 0.213 e. The summed E-state index contributed by atoms with van der Waals surface area (Å²) >= 11 is 0. The average Bonchev–Trinajstić information content (AvgIpc) is 2.19. The predicted molar refractivity (Wildman–Crippen MR) is 26.0 cm³/mol. The molecule has 1 radical (unpaired) electrons. The standard InChI is InChI=1S/C3H4N5/c4-1-2-8-3-5-6-7-8/h6-7H,2H2. The van der Waals surface area contributed by atoms with E-state index in [1.807, 2.05) is 6.07 Å². The maximum absolute atomic E-state index is 8.09. The van der Waals surface area contributed by atoms with Crippen molar-refractivity contribution in [2.45, 2.75) is 0 Å². The van der Waals surface area contributed by atoms with Gasteiger partial charge in [0.1, 0.15) is 6.54 Å². The summed E-state index contributed by atoms with van der Waals surface area (Å²) in [6.45, 7) is 0.247. The van der Waals surface area contributed by atoms with Gasteiger partial charge in [-0.3, -0.25) is 5.01 Å². The van der Waals surface area contributed by atoms with Gasteiger partial charge in [0.05, 0.1) is 6.07 Å². The largest absolute Gasteiger partial charge is 0.254 e. The molecule has 8 heavy (non-hydrogen) atoms. The normalized spacial score (nSPS) is 15.6. The quantitative estimate of drug-likeness (QED) is 0.410. The van der Waals surface area contributed by atoms with Crippen molar-refractivity contribution < 1.29 is 0 Å². The summed E-state index contributed by atoms with van der Waals surface area (Å²) in [6, 6.07) is 1.91. The summed E-state index contributed by atoms with van der Waals surface area (Å²) in [6.07, 6.45) is 2.47. The van der Waals surface area contributed by atoms with Crippen LogP contribution in [0.4, 0.5) is 0 Å². The fraction of sp³-hybridized carbons (Fsp3) is 0.333. The van der Waals surface area contributed by atoms with Gasteiger partial charge < -0.3 is 0 Å². The minimum Gasteiger partial charge on any atom is -0.254 e. The fourth-order valence-electron chi connectivity index (χ4n) is 0.341. The van der Waals surface area contributed by atoms with E-state index in [-0.39, 0.29) is 6.54 Å². The molecule has 0 aromatic rings. The third-order valence-electron chi connectivity index (χ3n) is 0.640. The molecule has 1 rings (SSSR count). The topological polar surface area (TPSA) is 63.5 Å². The van der Waals surface area contributed by atoms with Crippen LogP contribution in [0.25, 0.3) is 0 Å². The summed E-state index contributed by atoms with van der Waals surface area (Å²) in [4.78, 5) is 0. The molecule has 5 nitrogen and oxygen atoms in total. The Hall–Kier alpha value is -1.28. The van der Waals surface area contributed by atoms with Crippen LogP contribution in [0.2, 0.25) is 0 Å². The first-order valence-electron chi connectivity index (χ1n) is 2.04. The molecule has 0 spiro atoms. The Balaban J connectivity index is 2.28. The van der Waals surface area contributed by atoms with Gasteiger partial charge in [-0.05, 0) is 0 Å². The molecule has 0 aromatic carbocycles. The number of nitriles is 1. The minimum atomic E-state index is 0.247. The Morgan fingerprint density at radius 3 is 3.25 bits per heavy atom. The third-order valence-corrected chi connectivity index (χ3v) is 0.640. The Morgan fingerprint density at radius 2 is 2.75 bits per heavy atom. The Bertz CT molecular complexity index is 133. The zero-order valence-corrected chi connectivity index (χ0v) is 4.05. The van der Waals surface area contributed by atoms with E-state index in [0.29, 0.717) is 0 Å². The highest BCUT2D eigenvalue weighted by molar-refractivity contribution is 5.55. The van der Waals surface area contributed by atoms with Gasteiger partial charge in [0.2, 0.25) is 6.34 Å². The van der Waals surface area contributed by atoms with Crippen molar-refractivity contribution in [1.82, 2.24) is 16.1 Å². The number of hydrogen-bond acceptors (Lipinski definition) is 5. The fourth-order valence-corrected chi connectivity index (χ4v) is 0.341. The van der Waals surface area contributed by atoms with Crippen molar-refractivity contribution in [2.75, 3.05) is 6.54 Å².